The fourth-order valence-corrected chi connectivity index (χ4v) is 5.30. The SMILES string of the molecule is Cc1cccc(CN2CCC3(CC2)C(=O)NC(Cc2ccccc2)C(=O)N3Cc2ccco2)c1. The molecule has 2 aromatic carbocycles. The molecule has 1 N–H and O–H groups in total. The number of nitrogens with one attached hydrogen (secondary N) is 1. The number of nitrogens with zero attached hydrogens (tertiary/aromatic N) is 2. The highest BCUT2D eigenvalue weighted by Crippen LogP contribution is 2.35. The molecule has 176 valence electrons. The van der Waals surface area contributed by atoms with Crippen LogP contribution in [0, 0.1) is 6.92 Å². The summed E-state index contributed by atoms with van der Waals surface area (Å²) in [7, 11) is 0. The molecule has 0 saturated carbocycles. The lowest BCUT2D eigenvalue weighted by atomic mass is 9.81. The van der Waals surface area contributed by atoms with Crippen LogP contribution in [0.4, 0.5) is 0 Å². The van der Waals surface area contributed by atoms with E-state index in [9.17, 15) is 9.59 Å². The summed E-state index contributed by atoms with van der Waals surface area (Å²) >= 11 is 0. The second-order valence-corrected chi connectivity index (χ2v) is 9.52. The summed E-state index contributed by atoms with van der Waals surface area (Å²) in [5.41, 5.74) is 2.70. The zero-order valence-electron chi connectivity index (χ0n) is 19.6. The van der Waals surface area contributed by atoms with Gasteiger partial charge in [-0.05, 0) is 43.0 Å². The topological polar surface area (TPSA) is 65.8 Å². The molecule has 3 aromatic rings. The van der Waals surface area contributed by atoms with E-state index in [1.54, 1.807) is 11.2 Å². The number of piperazine rings is 1. The monoisotopic (exact) mass is 457 g/mol. The first-order chi connectivity index (χ1) is 16.5. The van der Waals surface area contributed by atoms with E-state index >= 15 is 0 Å². The average Bonchev–Trinajstić information content (AvgIpc) is 3.36. The summed E-state index contributed by atoms with van der Waals surface area (Å²) in [4.78, 5) is 31.5. The van der Waals surface area contributed by atoms with E-state index in [2.05, 4.69) is 41.4 Å². The fraction of sp³-hybridized carbons (Fsp3) is 0.357. The summed E-state index contributed by atoms with van der Waals surface area (Å²) in [5, 5.41) is 3.08. The molecule has 1 spiro atoms. The second kappa shape index (κ2) is 9.47. The Labute approximate surface area is 200 Å². The van der Waals surface area contributed by atoms with E-state index in [0.717, 1.165) is 25.2 Å². The molecule has 1 unspecified atom stereocenters. The fourth-order valence-electron chi connectivity index (χ4n) is 5.30. The molecule has 1 atom stereocenters. The number of piperidine rings is 1. The highest BCUT2D eigenvalue weighted by molar-refractivity contribution is 6.00. The van der Waals surface area contributed by atoms with Crippen LogP contribution in [0.2, 0.25) is 0 Å². The molecule has 34 heavy (non-hydrogen) atoms. The summed E-state index contributed by atoms with van der Waals surface area (Å²) in [6, 6.07) is 21.5. The van der Waals surface area contributed by atoms with Crippen LogP contribution in [0.3, 0.4) is 0 Å². The van der Waals surface area contributed by atoms with Crippen molar-refractivity contribution in [2.75, 3.05) is 13.1 Å². The molecule has 0 aliphatic carbocycles. The van der Waals surface area contributed by atoms with Crippen LogP contribution < -0.4 is 5.32 Å². The van der Waals surface area contributed by atoms with Gasteiger partial charge in [0.05, 0.1) is 12.8 Å². The smallest absolute Gasteiger partial charge is 0.246 e. The van der Waals surface area contributed by atoms with Crippen LogP contribution in [0.1, 0.15) is 35.3 Å². The van der Waals surface area contributed by atoms with Crippen molar-refractivity contribution in [2.24, 2.45) is 0 Å². The van der Waals surface area contributed by atoms with Crippen LogP contribution in [-0.4, -0.2) is 46.3 Å². The quantitative estimate of drug-likeness (QED) is 0.613. The first-order valence-electron chi connectivity index (χ1n) is 12.0. The molecule has 0 bridgehead atoms. The third-order valence-corrected chi connectivity index (χ3v) is 7.16. The van der Waals surface area contributed by atoms with Crippen LogP contribution in [0.15, 0.2) is 77.4 Å². The number of rotatable bonds is 6. The highest BCUT2D eigenvalue weighted by atomic mass is 16.3. The van der Waals surface area contributed by atoms with Crippen molar-refractivity contribution in [1.29, 1.82) is 0 Å². The highest BCUT2D eigenvalue weighted by Gasteiger charge is 2.53. The average molecular weight is 458 g/mol. The van der Waals surface area contributed by atoms with Gasteiger partial charge in [-0.1, -0.05) is 60.2 Å². The van der Waals surface area contributed by atoms with Crippen molar-refractivity contribution in [3.8, 4) is 0 Å². The predicted molar refractivity (Wildman–Crippen MR) is 130 cm³/mol. The maximum atomic E-state index is 13.7. The van der Waals surface area contributed by atoms with Gasteiger partial charge in [0.1, 0.15) is 17.3 Å². The zero-order chi connectivity index (χ0) is 23.5. The minimum Gasteiger partial charge on any atom is -0.467 e. The molecular weight excluding hydrogens is 426 g/mol. The van der Waals surface area contributed by atoms with E-state index in [1.165, 1.54) is 11.1 Å². The van der Waals surface area contributed by atoms with Gasteiger partial charge in [-0.25, -0.2) is 0 Å². The van der Waals surface area contributed by atoms with Crippen molar-refractivity contribution in [3.05, 3.63) is 95.4 Å². The third kappa shape index (κ3) is 4.50. The lowest BCUT2D eigenvalue weighted by Gasteiger charge is -2.51. The summed E-state index contributed by atoms with van der Waals surface area (Å²) in [6.45, 7) is 4.77. The Kier molecular flexibility index (Phi) is 6.24. The van der Waals surface area contributed by atoms with Gasteiger partial charge in [0.2, 0.25) is 11.8 Å². The van der Waals surface area contributed by atoms with Crippen LogP contribution in [-0.2, 0) is 29.1 Å². The lowest BCUT2D eigenvalue weighted by Crippen LogP contribution is -2.72. The number of furan rings is 1. The molecule has 1 aromatic heterocycles. The predicted octanol–water partition coefficient (Wildman–Crippen LogP) is 3.69. The molecule has 2 aliphatic rings. The number of benzene rings is 2. The van der Waals surface area contributed by atoms with Gasteiger partial charge in [0.25, 0.3) is 0 Å². The number of carbonyl (C=O) groups excluding carboxylic acids is 2. The van der Waals surface area contributed by atoms with E-state index in [-0.39, 0.29) is 11.8 Å². The van der Waals surface area contributed by atoms with Crippen molar-refractivity contribution in [2.45, 2.75) is 50.9 Å². The molecule has 2 saturated heterocycles. The van der Waals surface area contributed by atoms with Crippen LogP contribution in [0.25, 0.3) is 0 Å². The molecule has 2 amide bonds. The summed E-state index contributed by atoms with van der Waals surface area (Å²) < 4.78 is 5.58. The maximum Gasteiger partial charge on any atom is 0.246 e. The minimum atomic E-state index is -0.847. The largest absolute Gasteiger partial charge is 0.467 e. The van der Waals surface area contributed by atoms with Crippen molar-refractivity contribution in [3.63, 3.8) is 0 Å². The molecule has 0 radical (unpaired) electrons. The molecule has 2 fully saturated rings. The third-order valence-electron chi connectivity index (χ3n) is 7.16. The molecule has 6 heteroatoms. The lowest BCUT2D eigenvalue weighted by molar-refractivity contribution is -0.162. The Morgan fingerprint density at radius 1 is 0.941 bits per heavy atom. The molecular formula is C28H31N3O3. The first-order valence-corrected chi connectivity index (χ1v) is 12.0. The number of hydrogen-bond donors (Lipinski definition) is 1. The van der Waals surface area contributed by atoms with Gasteiger partial charge >= 0.3 is 0 Å². The van der Waals surface area contributed by atoms with E-state index in [4.69, 9.17) is 4.42 Å². The number of hydrogen-bond acceptors (Lipinski definition) is 4. The van der Waals surface area contributed by atoms with Gasteiger partial charge in [-0.2, -0.15) is 0 Å². The first kappa shape index (κ1) is 22.4. The summed E-state index contributed by atoms with van der Waals surface area (Å²) in [6.07, 6.45) is 3.31. The molecule has 3 heterocycles. The van der Waals surface area contributed by atoms with Crippen LogP contribution in [0.5, 0.6) is 0 Å². The number of amides is 2. The standard InChI is InChI=1S/C28H31N3O3/c1-21-7-5-10-23(17-21)19-30-14-12-28(13-15-30)27(33)29-25(18-22-8-3-2-4-9-22)26(32)31(28)20-24-11-6-16-34-24/h2-11,16-17,25H,12-15,18-20H2,1H3,(H,29,33). The van der Waals surface area contributed by atoms with Gasteiger partial charge in [0, 0.05) is 26.1 Å². The zero-order valence-corrected chi connectivity index (χ0v) is 19.6. The van der Waals surface area contributed by atoms with Crippen LogP contribution >= 0.6 is 0 Å². The molecule has 2 aliphatic heterocycles. The van der Waals surface area contributed by atoms with Gasteiger partial charge < -0.3 is 14.6 Å². The van der Waals surface area contributed by atoms with E-state index in [0.29, 0.717) is 31.6 Å². The number of carbonyl (C=O) groups is 2. The second-order valence-electron chi connectivity index (χ2n) is 9.52. The van der Waals surface area contributed by atoms with E-state index < -0.39 is 11.6 Å². The minimum absolute atomic E-state index is 0.0352. The van der Waals surface area contributed by atoms with Crippen molar-refractivity contribution in [1.82, 2.24) is 15.1 Å². The molecule has 6 nitrogen and oxygen atoms in total. The summed E-state index contributed by atoms with van der Waals surface area (Å²) in [5.74, 6) is 0.616. The van der Waals surface area contributed by atoms with Crippen molar-refractivity contribution < 1.29 is 14.0 Å². The van der Waals surface area contributed by atoms with Gasteiger partial charge in [-0.15, -0.1) is 0 Å². The Bertz CT molecular complexity index is 1130. The Balaban J connectivity index is 1.36. The van der Waals surface area contributed by atoms with Gasteiger partial charge in [-0.3, -0.25) is 14.5 Å². The Morgan fingerprint density at radius 2 is 1.71 bits per heavy atom. The number of aryl methyl sites for hydroxylation is 1. The van der Waals surface area contributed by atoms with E-state index in [1.807, 2.05) is 42.5 Å². The molecule has 5 rings (SSSR count). The number of likely N-dealkylation sites (tertiary alicyclic amines) is 1. The van der Waals surface area contributed by atoms with Crippen molar-refractivity contribution >= 4 is 11.8 Å². The maximum absolute atomic E-state index is 13.7. The Hall–Kier alpha value is -3.38. The normalized spacial score (nSPS) is 20.5. The Morgan fingerprint density at radius 3 is 2.41 bits per heavy atom. The van der Waals surface area contributed by atoms with Gasteiger partial charge in [0.15, 0.2) is 0 Å².